The van der Waals surface area contributed by atoms with Crippen LogP contribution in [-0.4, -0.2) is 34.5 Å². The number of halogens is 1. The molecule has 3 N–H and O–H groups in total. The summed E-state index contributed by atoms with van der Waals surface area (Å²) >= 11 is 5.97. The first-order valence-corrected chi connectivity index (χ1v) is 5.92. The first kappa shape index (κ1) is 14.7. The molecule has 0 fully saturated rings. The third kappa shape index (κ3) is 4.12. The van der Waals surface area contributed by atoms with E-state index in [0.29, 0.717) is 11.0 Å². The maximum absolute atomic E-state index is 11.4. The second-order valence-electron chi connectivity index (χ2n) is 4.79. The molecule has 100 valence electrons. The van der Waals surface area contributed by atoms with Crippen LogP contribution in [0.25, 0.3) is 0 Å². The number of anilines is 1. The fraction of sp³-hybridized carbons (Fsp3) is 0.545. The zero-order valence-electron chi connectivity index (χ0n) is 10.6. The van der Waals surface area contributed by atoms with Gasteiger partial charge in [-0.3, -0.25) is 5.32 Å². The van der Waals surface area contributed by atoms with Crippen molar-refractivity contribution in [2.45, 2.75) is 26.2 Å². The fourth-order valence-corrected chi connectivity index (χ4v) is 1.67. The Kier molecular flexibility index (Phi) is 4.86. The Morgan fingerprint density at radius 3 is 2.67 bits per heavy atom. The van der Waals surface area contributed by atoms with Gasteiger partial charge in [0.2, 0.25) is 0 Å². The summed E-state index contributed by atoms with van der Waals surface area (Å²) in [5, 5.41) is 21.5. The van der Waals surface area contributed by atoms with Crippen molar-refractivity contribution in [1.29, 1.82) is 0 Å². The molecule has 6 nitrogen and oxygen atoms in total. The van der Waals surface area contributed by atoms with E-state index in [1.165, 1.54) is 0 Å². The van der Waals surface area contributed by atoms with Crippen LogP contribution >= 0.6 is 11.6 Å². The highest BCUT2D eigenvalue weighted by molar-refractivity contribution is 6.30. The van der Waals surface area contributed by atoms with Crippen molar-refractivity contribution in [2.75, 3.05) is 18.5 Å². The van der Waals surface area contributed by atoms with Gasteiger partial charge in [0.15, 0.2) is 11.0 Å². The molecule has 0 saturated heterocycles. The molecule has 1 aromatic rings. The van der Waals surface area contributed by atoms with E-state index in [9.17, 15) is 4.79 Å². The Morgan fingerprint density at radius 1 is 1.44 bits per heavy atom. The van der Waals surface area contributed by atoms with Gasteiger partial charge < -0.3 is 10.4 Å². The van der Waals surface area contributed by atoms with Gasteiger partial charge in [0.25, 0.3) is 0 Å². The maximum atomic E-state index is 11.4. The Labute approximate surface area is 111 Å². The number of nitrogens with one attached hydrogen (secondary N) is 2. The Bertz CT molecular complexity index is 432. The highest BCUT2D eigenvalue weighted by atomic mass is 35.5. The van der Waals surface area contributed by atoms with Crippen molar-refractivity contribution in [1.82, 2.24) is 15.5 Å². The zero-order valence-corrected chi connectivity index (χ0v) is 11.4. The third-order valence-electron chi connectivity index (χ3n) is 2.20. The predicted molar refractivity (Wildman–Crippen MR) is 69.8 cm³/mol. The number of aromatic nitrogens is 2. The lowest BCUT2D eigenvalue weighted by Crippen LogP contribution is -2.31. The van der Waals surface area contributed by atoms with E-state index < -0.39 is 6.03 Å². The van der Waals surface area contributed by atoms with Gasteiger partial charge in [-0.2, -0.15) is 0 Å². The summed E-state index contributed by atoms with van der Waals surface area (Å²) < 4.78 is 0. The average molecular weight is 273 g/mol. The summed E-state index contributed by atoms with van der Waals surface area (Å²) in [4.78, 5) is 11.4. The number of carbonyl (C=O) groups is 1. The van der Waals surface area contributed by atoms with Crippen molar-refractivity contribution >= 4 is 23.4 Å². The molecule has 0 aliphatic carbocycles. The molecular formula is C11H17ClN4O2. The van der Waals surface area contributed by atoms with E-state index >= 15 is 0 Å². The van der Waals surface area contributed by atoms with Crippen LogP contribution in [0.5, 0.6) is 0 Å². The molecule has 7 heteroatoms. The number of urea groups is 1. The summed E-state index contributed by atoms with van der Waals surface area (Å²) in [5.41, 5.74) is 0.613. The number of hydrogen-bond acceptors (Lipinski definition) is 4. The van der Waals surface area contributed by atoms with Crippen molar-refractivity contribution in [2.24, 2.45) is 0 Å². The smallest absolute Gasteiger partial charge is 0.320 e. The molecule has 0 unspecified atom stereocenters. The van der Waals surface area contributed by atoms with Gasteiger partial charge in [-0.1, -0.05) is 32.4 Å². The summed E-state index contributed by atoms with van der Waals surface area (Å²) in [5.74, 6) is 0.319. The molecule has 0 spiro atoms. The minimum absolute atomic E-state index is 0.118. The normalized spacial score (nSPS) is 11.2. The number of nitrogens with zero attached hydrogens (tertiary/aromatic N) is 2. The number of carbonyl (C=O) groups excluding carboxylic acids is 1. The monoisotopic (exact) mass is 272 g/mol. The second kappa shape index (κ2) is 5.97. The molecule has 1 rings (SSSR count). The SMILES string of the molecule is CC(C)(C)c1cc(NC(=O)NCCO)nnc1Cl. The molecule has 0 aromatic carbocycles. The molecule has 1 aromatic heterocycles. The average Bonchev–Trinajstić information content (AvgIpc) is 2.27. The van der Waals surface area contributed by atoms with E-state index in [0.717, 1.165) is 5.56 Å². The van der Waals surface area contributed by atoms with Crippen molar-refractivity contribution < 1.29 is 9.90 Å². The molecule has 2 amide bonds. The van der Waals surface area contributed by atoms with Crippen molar-refractivity contribution in [3.8, 4) is 0 Å². The van der Waals surface area contributed by atoms with Crippen LogP contribution in [0, 0.1) is 0 Å². The van der Waals surface area contributed by atoms with Gasteiger partial charge in [0.05, 0.1) is 6.61 Å². The minimum Gasteiger partial charge on any atom is -0.395 e. The van der Waals surface area contributed by atoms with Crippen LogP contribution in [0.1, 0.15) is 26.3 Å². The van der Waals surface area contributed by atoms with Crippen LogP contribution < -0.4 is 10.6 Å². The van der Waals surface area contributed by atoms with Crippen LogP contribution in [0.15, 0.2) is 6.07 Å². The lowest BCUT2D eigenvalue weighted by atomic mass is 9.88. The van der Waals surface area contributed by atoms with Gasteiger partial charge in [-0.15, -0.1) is 10.2 Å². The van der Waals surface area contributed by atoms with Crippen molar-refractivity contribution in [3.05, 3.63) is 16.8 Å². The summed E-state index contributed by atoms with van der Waals surface area (Å²) in [6.07, 6.45) is 0. The number of aliphatic hydroxyl groups is 1. The molecule has 0 radical (unpaired) electrons. The number of hydrogen-bond donors (Lipinski definition) is 3. The van der Waals surface area contributed by atoms with Crippen LogP contribution in [0.4, 0.5) is 10.6 Å². The number of aliphatic hydroxyl groups excluding tert-OH is 1. The van der Waals surface area contributed by atoms with Crippen LogP contribution in [0.2, 0.25) is 5.15 Å². The largest absolute Gasteiger partial charge is 0.395 e. The molecular weight excluding hydrogens is 256 g/mol. The fourth-order valence-electron chi connectivity index (χ4n) is 1.29. The number of rotatable bonds is 3. The predicted octanol–water partition coefficient (Wildman–Crippen LogP) is 1.54. The maximum Gasteiger partial charge on any atom is 0.320 e. The highest BCUT2D eigenvalue weighted by Crippen LogP contribution is 2.28. The Hall–Kier alpha value is -1.40. The molecule has 1 heterocycles. The van der Waals surface area contributed by atoms with Gasteiger partial charge in [0, 0.05) is 12.1 Å². The molecule has 0 aliphatic rings. The highest BCUT2D eigenvalue weighted by Gasteiger charge is 2.19. The zero-order chi connectivity index (χ0) is 13.8. The van der Waals surface area contributed by atoms with Gasteiger partial charge >= 0.3 is 6.03 Å². The van der Waals surface area contributed by atoms with E-state index in [-0.39, 0.29) is 18.6 Å². The van der Waals surface area contributed by atoms with E-state index in [4.69, 9.17) is 16.7 Å². The summed E-state index contributed by atoms with van der Waals surface area (Å²) in [7, 11) is 0. The third-order valence-corrected chi connectivity index (χ3v) is 2.48. The second-order valence-corrected chi connectivity index (χ2v) is 5.15. The Morgan fingerprint density at radius 2 is 2.11 bits per heavy atom. The number of amides is 2. The van der Waals surface area contributed by atoms with Gasteiger partial charge in [0.1, 0.15) is 0 Å². The lowest BCUT2D eigenvalue weighted by molar-refractivity contribution is 0.244. The first-order chi connectivity index (χ1) is 8.34. The van der Waals surface area contributed by atoms with Crippen molar-refractivity contribution in [3.63, 3.8) is 0 Å². The first-order valence-electron chi connectivity index (χ1n) is 5.54. The summed E-state index contributed by atoms with van der Waals surface area (Å²) in [6, 6.07) is 1.24. The van der Waals surface area contributed by atoms with Gasteiger partial charge in [-0.25, -0.2) is 4.79 Å². The minimum atomic E-state index is -0.444. The van der Waals surface area contributed by atoms with Crippen LogP contribution in [-0.2, 0) is 5.41 Å². The van der Waals surface area contributed by atoms with E-state index in [1.54, 1.807) is 6.07 Å². The van der Waals surface area contributed by atoms with Gasteiger partial charge in [-0.05, 0) is 11.5 Å². The lowest BCUT2D eigenvalue weighted by Gasteiger charge is -2.20. The topological polar surface area (TPSA) is 87.1 Å². The molecule has 0 bridgehead atoms. The molecule has 0 saturated carbocycles. The van der Waals surface area contributed by atoms with Crippen LogP contribution in [0.3, 0.4) is 0 Å². The Balaban J connectivity index is 2.83. The standard InChI is InChI=1S/C11H17ClN4O2/c1-11(2,3)7-6-8(15-16-9(7)12)14-10(18)13-4-5-17/h6,17H,4-5H2,1-3H3,(H2,13,14,15,18). The van der Waals surface area contributed by atoms with E-state index in [2.05, 4.69) is 20.8 Å². The molecule has 0 atom stereocenters. The quantitative estimate of drug-likeness (QED) is 0.779. The summed E-state index contributed by atoms with van der Waals surface area (Å²) in [6.45, 7) is 6.04. The molecule has 0 aliphatic heterocycles. The molecule has 18 heavy (non-hydrogen) atoms. The van der Waals surface area contributed by atoms with E-state index in [1.807, 2.05) is 20.8 Å².